The number of rotatable bonds is 4. The summed E-state index contributed by atoms with van der Waals surface area (Å²) in [6.45, 7) is 3.93. The molecular weight excluding hydrogens is 444 g/mol. The molecule has 0 spiro atoms. The van der Waals surface area contributed by atoms with Crippen molar-refractivity contribution >= 4 is 48.2 Å². The molecule has 6 nitrogen and oxygen atoms in total. The SMILES string of the molecule is C=CCN(C(=O)c1ccc2c(c1)S(=O)(=O)c1ccccc1C2=O)c1nc2ccccc2s1. The number of benzene rings is 3. The van der Waals surface area contributed by atoms with Gasteiger partial charge >= 0.3 is 0 Å². The molecule has 158 valence electrons. The van der Waals surface area contributed by atoms with Gasteiger partial charge in [-0.2, -0.15) is 0 Å². The molecule has 0 fully saturated rings. The quantitative estimate of drug-likeness (QED) is 0.369. The Labute approximate surface area is 188 Å². The second-order valence-corrected chi connectivity index (χ2v) is 10.1. The number of aromatic nitrogens is 1. The molecule has 4 aromatic rings. The molecule has 1 aliphatic rings. The molecule has 8 heteroatoms. The number of nitrogens with zero attached hydrogens (tertiary/aromatic N) is 2. The Morgan fingerprint density at radius 3 is 2.50 bits per heavy atom. The molecule has 0 radical (unpaired) electrons. The van der Waals surface area contributed by atoms with Crippen molar-refractivity contribution in [1.29, 1.82) is 0 Å². The summed E-state index contributed by atoms with van der Waals surface area (Å²) in [4.78, 5) is 32.0. The highest BCUT2D eigenvalue weighted by molar-refractivity contribution is 7.91. The van der Waals surface area contributed by atoms with Gasteiger partial charge in [-0.25, -0.2) is 13.4 Å². The van der Waals surface area contributed by atoms with E-state index in [1.165, 1.54) is 46.6 Å². The predicted octanol–water partition coefficient (Wildman–Crippen LogP) is 4.51. The summed E-state index contributed by atoms with van der Waals surface area (Å²) in [7, 11) is -3.94. The fourth-order valence-electron chi connectivity index (χ4n) is 3.73. The maximum atomic E-state index is 13.4. The van der Waals surface area contributed by atoms with Crippen LogP contribution in [0.4, 0.5) is 5.13 Å². The topological polar surface area (TPSA) is 84.4 Å². The van der Waals surface area contributed by atoms with E-state index in [4.69, 9.17) is 0 Å². The van der Waals surface area contributed by atoms with Crippen LogP contribution in [0.5, 0.6) is 0 Å². The zero-order chi connectivity index (χ0) is 22.5. The molecule has 2 heterocycles. The first-order valence-electron chi connectivity index (χ1n) is 9.73. The highest BCUT2D eigenvalue weighted by Crippen LogP contribution is 2.35. The molecule has 0 aliphatic carbocycles. The molecule has 0 saturated carbocycles. The third kappa shape index (κ3) is 3.07. The lowest BCUT2D eigenvalue weighted by Crippen LogP contribution is -2.31. The molecule has 0 bridgehead atoms. The average molecular weight is 461 g/mol. The van der Waals surface area contributed by atoms with Crippen molar-refractivity contribution in [3.8, 4) is 0 Å². The van der Waals surface area contributed by atoms with Gasteiger partial charge in [-0.1, -0.05) is 41.7 Å². The Balaban J connectivity index is 1.60. The van der Waals surface area contributed by atoms with Crippen LogP contribution in [-0.2, 0) is 9.84 Å². The van der Waals surface area contributed by atoms with Crippen molar-refractivity contribution in [2.75, 3.05) is 11.4 Å². The van der Waals surface area contributed by atoms with Crippen molar-refractivity contribution in [2.24, 2.45) is 0 Å². The van der Waals surface area contributed by atoms with E-state index in [2.05, 4.69) is 11.6 Å². The molecule has 0 saturated heterocycles. The largest absolute Gasteiger partial charge is 0.289 e. The Bertz CT molecular complexity index is 1500. The maximum Gasteiger partial charge on any atom is 0.260 e. The molecule has 3 aromatic carbocycles. The average Bonchev–Trinajstić information content (AvgIpc) is 3.24. The van der Waals surface area contributed by atoms with Gasteiger partial charge in [-0.05, 0) is 42.5 Å². The predicted molar refractivity (Wildman–Crippen MR) is 123 cm³/mol. The van der Waals surface area contributed by atoms with Crippen LogP contribution in [0.3, 0.4) is 0 Å². The van der Waals surface area contributed by atoms with Gasteiger partial charge in [0, 0.05) is 23.2 Å². The van der Waals surface area contributed by atoms with E-state index in [9.17, 15) is 18.0 Å². The zero-order valence-electron chi connectivity index (χ0n) is 16.7. The summed E-state index contributed by atoms with van der Waals surface area (Å²) in [5, 5.41) is 0.484. The number of hydrogen-bond acceptors (Lipinski definition) is 6. The third-order valence-electron chi connectivity index (χ3n) is 5.25. The number of fused-ring (bicyclic) bond motifs is 3. The van der Waals surface area contributed by atoms with Crippen LogP contribution >= 0.6 is 11.3 Å². The van der Waals surface area contributed by atoms with Gasteiger partial charge in [0.2, 0.25) is 9.84 Å². The minimum absolute atomic E-state index is 0.0452. The Morgan fingerprint density at radius 2 is 1.72 bits per heavy atom. The van der Waals surface area contributed by atoms with Crippen LogP contribution < -0.4 is 4.90 Å². The number of carbonyl (C=O) groups is 2. The molecule has 0 atom stereocenters. The molecule has 1 amide bonds. The van der Waals surface area contributed by atoms with E-state index in [1.54, 1.807) is 18.2 Å². The number of carbonyl (C=O) groups excluding carboxylic acids is 2. The Kier molecular flexibility index (Phi) is 4.76. The van der Waals surface area contributed by atoms with Crippen LogP contribution in [0.1, 0.15) is 26.3 Å². The van der Waals surface area contributed by atoms with Gasteiger partial charge in [-0.3, -0.25) is 14.5 Å². The monoisotopic (exact) mass is 460 g/mol. The molecule has 1 aromatic heterocycles. The second-order valence-electron chi connectivity index (χ2n) is 7.21. The van der Waals surface area contributed by atoms with E-state index >= 15 is 0 Å². The highest BCUT2D eigenvalue weighted by atomic mass is 32.2. The lowest BCUT2D eigenvalue weighted by molar-refractivity contribution is 0.0986. The van der Waals surface area contributed by atoms with Crippen molar-refractivity contribution < 1.29 is 18.0 Å². The first-order valence-corrected chi connectivity index (χ1v) is 12.0. The van der Waals surface area contributed by atoms with E-state index < -0.39 is 15.7 Å². The van der Waals surface area contributed by atoms with Crippen LogP contribution in [0.15, 0.2) is 89.2 Å². The number of anilines is 1. The molecule has 5 rings (SSSR count). The number of hydrogen-bond donors (Lipinski definition) is 0. The van der Waals surface area contributed by atoms with E-state index in [-0.39, 0.29) is 38.8 Å². The lowest BCUT2D eigenvalue weighted by Gasteiger charge is -2.21. The summed E-state index contributed by atoms with van der Waals surface area (Å²) in [5.74, 6) is -0.799. The minimum Gasteiger partial charge on any atom is -0.289 e. The fraction of sp³-hybridized carbons (Fsp3) is 0.0417. The Hall–Kier alpha value is -3.62. The summed E-state index contributed by atoms with van der Waals surface area (Å²) in [6, 6.07) is 17.8. The van der Waals surface area contributed by atoms with Crippen molar-refractivity contribution in [1.82, 2.24) is 4.98 Å². The van der Waals surface area contributed by atoms with E-state index in [1.807, 2.05) is 24.3 Å². The van der Waals surface area contributed by atoms with E-state index in [0.717, 1.165) is 10.2 Å². The smallest absolute Gasteiger partial charge is 0.260 e. The maximum absolute atomic E-state index is 13.4. The molecule has 1 aliphatic heterocycles. The third-order valence-corrected chi connectivity index (χ3v) is 8.17. The van der Waals surface area contributed by atoms with Crippen LogP contribution in [0.2, 0.25) is 0 Å². The summed E-state index contributed by atoms with van der Waals surface area (Å²) >= 11 is 1.36. The normalized spacial score (nSPS) is 13.9. The minimum atomic E-state index is -3.94. The summed E-state index contributed by atoms with van der Waals surface area (Å²) in [5.41, 5.74) is 1.13. The van der Waals surface area contributed by atoms with Gasteiger partial charge in [-0.15, -0.1) is 6.58 Å². The van der Waals surface area contributed by atoms with E-state index in [0.29, 0.717) is 5.13 Å². The fourth-order valence-corrected chi connectivity index (χ4v) is 6.38. The van der Waals surface area contributed by atoms with Crippen LogP contribution in [0, 0.1) is 0 Å². The molecule has 32 heavy (non-hydrogen) atoms. The first-order chi connectivity index (χ1) is 15.4. The molecule has 0 N–H and O–H groups in total. The number of amides is 1. The number of para-hydroxylation sites is 1. The lowest BCUT2D eigenvalue weighted by atomic mass is 10.0. The van der Waals surface area contributed by atoms with Gasteiger partial charge in [0.05, 0.1) is 20.0 Å². The van der Waals surface area contributed by atoms with Crippen LogP contribution in [0.25, 0.3) is 10.2 Å². The van der Waals surface area contributed by atoms with Crippen LogP contribution in [-0.4, -0.2) is 31.6 Å². The number of thiazole rings is 1. The summed E-state index contributed by atoms with van der Waals surface area (Å²) < 4.78 is 27.3. The number of sulfone groups is 1. The van der Waals surface area contributed by atoms with Crippen molar-refractivity contribution in [2.45, 2.75) is 9.79 Å². The first kappa shape index (κ1) is 20.3. The Morgan fingerprint density at radius 1 is 1.00 bits per heavy atom. The second kappa shape index (κ2) is 7.51. The van der Waals surface area contributed by atoms with Crippen molar-refractivity contribution in [3.05, 3.63) is 96.1 Å². The van der Waals surface area contributed by atoms with Gasteiger partial charge < -0.3 is 0 Å². The number of ketones is 1. The molecule has 0 unspecified atom stereocenters. The highest BCUT2D eigenvalue weighted by Gasteiger charge is 2.35. The van der Waals surface area contributed by atoms with Gasteiger partial charge in [0.15, 0.2) is 10.9 Å². The molecular formula is C24H16N2O4S2. The standard InChI is InChI=1S/C24H16N2O4S2/c1-2-13-26(24-25-18-8-4-5-9-19(18)31-24)23(28)15-11-12-17-21(14-15)32(29,30)20-10-6-3-7-16(20)22(17)27/h2-12,14H,1,13H2. The van der Waals surface area contributed by atoms with Crippen molar-refractivity contribution in [3.63, 3.8) is 0 Å². The zero-order valence-corrected chi connectivity index (χ0v) is 18.3. The summed E-state index contributed by atoms with van der Waals surface area (Å²) in [6.07, 6.45) is 1.58. The van der Waals surface area contributed by atoms with Gasteiger partial charge in [0.25, 0.3) is 5.91 Å². The van der Waals surface area contributed by atoms with Gasteiger partial charge in [0.1, 0.15) is 0 Å².